The molecule has 0 saturated heterocycles. The Morgan fingerprint density at radius 1 is 0.667 bits per heavy atom. The Balaban J connectivity index is 1.41. The lowest BCUT2D eigenvalue weighted by atomic mass is 9.75. The third-order valence-electron chi connectivity index (χ3n) is 8.95. The number of hydrogen-bond acceptors (Lipinski definition) is 6. The van der Waals surface area contributed by atoms with Gasteiger partial charge in [-0.25, -0.2) is 9.59 Å². The van der Waals surface area contributed by atoms with Crippen molar-refractivity contribution < 1.29 is 29.3 Å². The van der Waals surface area contributed by atoms with E-state index in [1.807, 2.05) is 0 Å². The molecule has 0 unspecified atom stereocenters. The first-order valence-electron chi connectivity index (χ1n) is 16.4. The molecular weight excluding hydrogens is 564 g/mol. The minimum Gasteiger partial charge on any atom is -0.462 e. The van der Waals surface area contributed by atoms with Crippen LogP contribution >= 0.6 is 0 Å². The lowest BCUT2D eigenvalue weighted by molar-refractivity contribution is -0.140. The maximum atomic E-state index is 12.0. The smallest absolute Gasteiger partial charge is 0.335 e. The van der Waals surface area contributed by atoms with E-state index in [9.17, 15) is 9.59 Å². The van der Waals surface area contributed by atoms with E-state index < -0.39 is 25.2 Å². The predicted molar refractivity (Wildman–Crippen MR) is 179 cm³/mol. The zero-order valence-corrected chi connectivity index (χ0v) is 26.7. The maximum Gasteiger partial charge on any atom is 0.335 e. The van der Waals surface area contributed by atoms with E-state index in [1.54, 1.807) is 0 Å². The summed E-state index contributed by atoms with van der Waals surface area (Å²) in [7, 11) is 0. The first-order chi connectivity index (χ1) is 21.8. The predicted octanol–water partition coefficient (Wildman–Crippen LogP) is 7.28. The largest absolute Gasteiger partial charge is 0.462 e. The van der Waals surface area contributed by atoms with Gasteiger partial charge in [-0.05, 0) is 89.0 Å². The Bertz CT molecular complexity index is 1430. The number of carbonyl (C=O) groups excluding carboxylic acids is 2. The molecule has 0 aromatic heterocycles. The molecule has 6 nitrogen and oxygen atoms in total. The van der Waals surface area contributed by atoms with Gasteiger partial charge in [0.15, 0.2) is 0 Å². The highest BCUT2D eigenvalue weighted by molar-refractivity contribution is 5.88. The average molecular weight is 613 g/mol. The number of benzene rings is 3. The summed E-state index contributed by atoms with van der Waals surface area (Å²) in [5.41, 5.74) is 6.26. The molecule has 0 heterocycles. The van der Waals surface area contributed by atoms with Gasteiger partial charge in [-0.3, -0.25) is 0 Å². The molecule has 1 aliphatic rings. The van der Waals surface area contributed by atoms with Crippen LogP contribution < -0.4 is 0 Å². The zero-order valence-electron chi connectivity index (χ0n) is 26.7. The van der Waals surface area contributed by atoms with Crippen molar-refractivity contribution >= 4 is 22.7 Å². The first-order valence-corrected chi connectivity index (χ1v) is 16.4. The molecule has 3 aromatic carbocycles. The van der Waals surface area contributed by atoms with Gasteiger partial charge in [0, 0.05) is 12.8 Å². The molecular formula is C39H48O6. The number of carbonyl (C=O) groups is 2. The van der Waals surface area contributed by atoms with Gasteiger partial charge >= 0.3 is 11.9 Å². The average Bonchev–Trinajstić information content (AvgIpc) is 3.07. The molecule has 0 spiro atoms. The summed E-state index contributed by atoms with van der Waals surface area (Å²) in [4.78, 5) is 23.9. The first kappa shape index (κ1) is 34.1. The topological polar surface area (TPSA) is 93.1 Å². The highest BCUT2D eigenvalue weighted by atomic mass is 16.5. The third-order valence-corrected chi connectivity index (χ3v) is 8.95. The van der Waals surface area contributed by atoms with Crippen molar-refractivity contribution in [3.05, 3.63) is 107 Å². The number of aliphatic hydroxyl groups excluding tert-OH is 2. The Labute approximate surface area is 267 Å². The molecule has 45 heavy (non-hydrogen) atoms. The van der Waals surface area contributed by atoms with Gasteiger partial charge in [0.05, 0.1) is 37.6 Å². The van der Waals surface area contributed by atoms with Crippen LogP contribution in [0.2, 0.25) is 0 Å². The second kappa shape index (κ2) is 17.1. The minimum atomic E-state index is -0.593. The molecule has 0 radical (unpaired) electrons. The summed E-state index contributed by atoms with van der Waals surface area (Å²) in [6, 6.07) is 20.4. The number of aliphatic hydroxyl groups is 2. The van der Waals surface area contributed by atoms with E-state index in [1.165, 1.54) is 46.7 Å². The van der Waals surface area contributed by atoms with Gasteiger partial charge in [0.25, 0.3) is 0 Å². The molecule has 2 N–H and O–H groups in total. The lowest BCUT2D eigenvalue weighted by Crippen LogP contribution is -2.15. The van der Waals surface area contributed by atoms with Crippen LogP contribution in [0.25, 0.3) is 10.8 Å². The van der Waals surface area contributed by atoms with Crippen LogP contribution in [-0.4, -0.2) is 48.6 Å². The second-order valence-electron chi connectivity index (χ2n) is 12.3. The molecule has 0 bridgehead atoms. The van der Waals surface area contributed by atoms with Gasteiger partial charge in [0.1, 0.15) is 0 Å². The van der Waals surface area contributed by atoms with Gasteiger partial charge < -0.3 is 19.7 Å². The summed E-state index contributed by atoms with van der Waals surface area (Å²) in [5, 5.41) is 20.9. The maximum absolute atomic E-state index is 12.0. The van der Waals surface area contributed by atoms with Crippen molar-refractivity contribution in [3.8, 4) is 0 Å². The van der Waals surface area contributed by atoms with Crippen molar-refractivity contribution in [1.29, 1.82) is 0 Å². The highest BCUT2D eigenvalue weighted by Gasteiger charge is 2.24. The monoisotopic (exact) mass is 612 g/mol. The Hall–Kier alpha value is -3.74. The SMILES string of the molecule is C=C(CO)C(=O)OCCc1cc(CCOC(=O)C(=C)CO)cc(C2CCC(c3ccc4cc(CCCCC)ccc4c3)CC2)c1. The summed E-state index contributed by atoms with van der Waals surface area (Å²) >= 11 is 0. The molecule has 1 aliphatic carbocycles. The molecule has 3 aromatic rings. The summed E-state index contributed by atoms with van der Waals surface area (Å²) in [6.45, 7) is 8.80. The molecule has 0 aliphatic heterocycles. The quantitative estimate of drug-likeness (QED) is 0.100. The zero-order chi connectivity index (χ0) is 32.2. The summed E-state index contributed by atoms with van der Waals surface area (Å²) < 4.78 is 10.6. The fourth-order valence-corrected chi connectivity index (χ4v) is 6.23. The molecule has 1 saturated carbocycles. The molecule has 4 rings (SSSR count). The number of unbranched alkanes of at least 4 members (excludes halogenated alkanes) is 2. The standard InChI is InChI=1S/C39H48O6/c1-4-5-6-7-29-8-9-36-24-35(15-14-34(36)21-29)32-10-12-33(13-11-32)37-22-30(16-18-44-38(42)27(2)25-40)20-31(23-37)17-19-45-39(43)28(3)26-41/h8-9,14-15,20-24,32-33,40-41H,2-7,10-13,16-19,25-26H2,1H3. The Morgan fingerprint density at radius 2 is 1.20 bits per heavy atom. The molecule has 240 valence electrons. The third kappa shape index (κ3) is 9.87. The normalized spacial score (nSPS) is 16.3. The molecule has 0 atom stereocenters. The van der Waals surface area contributed by atoms with Crippen molar-refractivity contribution in [1.82, 2.24) is 0 Å². The fraction of sp³-hybridized carbons (Fsp3) is 0.436. The number of aryl methyl sites for hydroxylation is 1. The van der Waals surface area contributed by atoms with Crippen LogP contribution in [0.1, 0.15) is 91.5 Å². The van der Waals surface area contributed by atoms with Crippen LogP contribution in [-0.2, 0) is 38.3 Å². The number of esters is 2. The van der Waals surface area contributed by atoms with Crippen LogP contribution in [0.5, 0.6) is 0 Å². The highest BCUT2D eigenvalue weighted by Crippen LogP contribution is 2.41. The van der Waals surface area contributed by atoms with Gasteiger partial charge in [-0.1, -0.05) is 87.5 Å². The number of rotatable bonds is 16. The van der Waals surface area contributed by atoms with E-state index in [-0.39, 0.29) is 24.4 Å². The molecule has 1 fully saturated rings. The van der Waals surface area contributed by atoms with Gasteiger partial charge in [-0.2, -0.15) is 0 Å². The number of ether oxygens (including phenoxy) is 2. The second-order valence-corrected chi connectivity index (χ2v) is 12.3. The van der Waals surface area contributed by atoms with E-state index in [0.29, 0.717) is 24.7 Å². The van der Waals surface area contributed by atoms with E-state index in [0.717, 1.165) is 43.2 Å². The summed E-state index contributed by atoms with van der Waals surface area (Å²) in [5.74, 6) is -0.233. The van der Waals surface area contributed by atoms with Crippen LogP contribution in [0.3, 0.4) is 0 Å². The Kier molecular flexibility index (Phi) is 13.0. The van der Waals surface area contributed by atoms with Crippen LogP contribution in [0.15, 0.2) is 78.9 Å². The van der Waals surface area contributed by atoms with Crippen molar-refractivity contribution in [2.75, 3.05) is 26.4 Å². The lowest BCUT2D eigenvalue weighted by Gasteiger charge is -2.30. The van der Waals surface area contributed by atoms with Gasteiger partial charge in [-0.15, -0.1) is 0 Å². The van der Waals surface area contributed by atoms with Crippen LogP contribution in [0, 0.1) is 0 Å². The molecule has 0 amide bonds. The van der Waals surface area contributed by atoms with Crippen molar-refractivity contribution in [3.63, 3.8) is 0 Å². The van der Waals surface area contributed by atoms with E-state index in [4.69, 9.17) is 19.7 Å². The van der Waals surface area contributed by atoms with Crippen LogP contribution in [0.4, 0.5) is 0 Å². The summed E-state index contributed by atoms with van der Waals surface area (Å²) in [6.07, 6.45) is 10.4. The van der Waals surface area contributed by atoms with Gasteiger partial charge in [0.2, 0.25) is 0 Å². The van der Waals surface area contributed by atoms with E-state index >= 15 is 0 Å². The molecule has 6 heteroatoms. The number of hydrogen-bond donors (Lipinski definition) is 2. The van der Waals surface area contributed by atoms with Crippen molar-refractivity contribution in [2.45, 2.75) is 83.0 Å². The number of fused-ring (bicyclic) bond motifs is 1. The fourth-order valence-electron chi connectivity index (χ4n) is 6.23. The minimum absolute atomic E-state index is 0.0334. The van der Waals surface area contributed by atoms with E-state index in [2.05, 4.69) is 74.7 Å². The Morgan fingerprint density at radius 3 is 1.76 bits per heavy atom. The van der Waals surface area contributed by atoms with Crippen molar-refractivity contribution in [2.24, 2.45) is 0 Å².